The Bertz CT molecular complexity index is 926. The van der Waals surface area contributed by atoms with Crippen LogP contribution in [0, 0.1) is 0 Å². The molecule has 23 heavy (non-hydrogen) atoms. The molecule has 114 valence electrons. The summed E-state index contributed by atoms with van der Waals surface area (Å²) in [6, 6.07) is 6.23. The number of hydrogen-bond acceptors (Lipinski definition) is 5. The first kappa shape index (κ1) is 14.2. The summed E-state index contributed by atoms with van der Waals surface area (Å²) < 4.78 is 1.14. The molecule has 0 saturated heterocycles. The fourth-order valence-corrected chi connectivity index (χ4v) is 3.91. The Morgan fingerprint density at radius 3 is 2.74 bits per heavy atom. The summed E-state index contributed by atoms with van der Waals surface area (Å²) in [5.41, 5.74) is 2.52. The van der Waals surface area contributed by atoms with E-state index in [2.05, 4.69) is 33.2 Å². The van der Waals surface area contributed by atoms with E-state index in [1.54, 1.807) is 30.7 Å². The second-order valence-corrected chi connectivity index (χ2v) is 6.61. The lowest BCUT2D eigenvalue weighted by Crippen LogP contribution is -2.22. The van der Waals surface area contributed by atoms with Crippen molar-refractivity contribution in [3.05, 3.63) is 59.6 Å². The molecule has 5 heteroatoms. The Labute approximate surface area is 137 Å². The molecule has 1 unspecified atom stereocenters. The Balaban J connectivity index is 1.87. The maximum absolute atomic E-state index is 11.0. The first-order chi connectivity index (χ1) is 11.2. The van der Waals surface area contributed by atoms with E-state index >= 15 is 0 Å². The number of aromatic nitrogens is 2. The minimum absolute atomic E-state index is 0.714. The normalized spacial score (nSPS) is 16.5. The van der Waals surface area contributed by atoms with Gasteiger partial charge >= 0.3 is 0 Å². The largest absolute Gasteiger partial charge is 0.379 e. The minimum atomic E-state index is -1.09. The molecular weight excluding hydrogens is 306 g/mol. The molecule has 4 rings (SSSR count). The number of thiophene rings is 1. The average molecular weight is 321 g/mol. The van der Waals surface area contributed by atoms with Crippen molar-refractivity contribution in [3.63, 3.8) is 0 Å². The summed E-state index contributed by atoms with van der Waals surface area (Å²) in [6.07, 6.45) is 9.68. The summed E-state index contributed by atoms with van der Waals surface area (Å²) in [6.45, 7) is 1.81. The number of fused-ring (bicyclic) bond motifs is 1. The highest BCUT2D eigenvalue weighted by Crippen LogP contribution is 2.40. The molecule has 1 atom stereocenters. The summed E-state index contributed by atoms with van der Waals surface area (Å²) in [7, 11) is 0. The average Bonchev–Trinajstić information content (AvgIpc) is 3.25. The van der Waals surface area contributed by atoms with E-state index in [9.17, 15) is 5.11 Å². The molecule has 1 N–H and O–H groups in total. The van der Waals surface area contributed by atoms with Crippen LogP contribution in [-0.4, -0.2) is 21.3 Å². The molecule has 1 aliphatic heterocycles. The third-order valence-electron chi connectivity index (χ3n) is 4.14. The van der Waals surface area contributed by atoms with Gasteiger partial charge < -0.3 is 5.11 Å². The fourth-order valence-electron chi connectivity index (χ4n) is 2.86. The van der Waals surface area contributed by atoms with E-state index in [0.29, 0.717) is 5.70 Å². The van der Waals surface area contributed by atoms with Gasteiger partial charge in [0.05, 0.1) is 5.70 Å². The van der Waals surface area contributed by atoms with Crippen LogP contribution in [0.15, 0.2) is 59.1 Å². The van der Waals surface area contributed by atoms with Crippen LogP contribution < -0.4 is 0 Å². The molecule has 0 radical (unpaired) electrons. The molecule has 1 aliphatic rings. The van der Waals surface area contributed by atoms with Crippen LogP contribution in [0.1, 0.15) is 18.9 Å². The Morgan fingerprint density at radius 1 is 1.17 bits per heavy atom. The van der Waals surface area contributed by atoms with Gasteiger partial charge in [0.15, 0.2) is 0 Å². The van der Waals surface area contributed by atoms with Crippen molar-refractivity contribution in [2.24, 2.45) is 4.99 Å². The maximum atomic E-state index is 11.0. The van der Waals surface area contributed by atoms with E-state index in [1.165, 1.54) is 6.33 Å². The number of nitrogens with zero attached hydrogens (tertiary/aromatic N) is 3. The van der Waals surface area contributed by atoms with Crippen LogP contribution in [0.5, 0.6) is 0 Å². The van der Waals surface area contributed by atoms with Crippen LogP contribution in [-0.2, 0) is 5.60 Å². The zero-order valence-electron chi connectivity index (χ0n) is 12.6. The van der Waals surface area contributed by atoms with Crippen LogP contribution in [0.3, 0.4) is 0 Å². The lowest BCUT2D eigenvalue weighted by Gasteiger charge is -2.23. The smallest absolute Gasteiger partial charge is 0.130 e. The summed E-state index contributed by atoms with van der Waals surface area (Å²) in [5.74, 6) is 0. The fraction of sp³-hybridized carbons (Fsp3) is 0.167. The molecular formula is C18H15N3OS. The van der Waals surface area contributed by atoms with Crippen LogP contribution >= 0.6 is 11.3 Å². The topological polar surface area (TPSA) is 58.4 Å². The molecule has 0 saturated carbocycles. The zero-order chi connectivity index (χ0) is 15.9. The van der Waals surface area contributed by atoms with E-state index < -0.39 is 5.60 Å². The van der Waals surface area contributed by atoms with Crippen LogP contribution in [0.2, 0.25) is 0 Å². The summed E-state index contributed by atoms with van der Waals surface area (Å²) >= 11 is 1.63. The molecule has 3 heterocycles. The predicted octanol–water partition coefficient (Wildman–Crippen LogP) is 3.92. The number of aliphatic imine (C=N–C) groups is 1. The highest BCUT2D eigenvalue weighted by Gasteiger charge is 2.31. The van der Waals surface area contributed by atoms with E-state index in [1.807, 2.05) is 17.7 Å². The molecule has 1 aromatic carbocycles. The number of hydrogen-bond donors (Lipinski definition) is 1. The van der Waals surface area contributed by atoms with Gasteiger partial charge in [-0.2, -0.15) is 0 Å². The second-order valence-electron chi connectivity index (χ2n) is 5.70. The Kier molecular flexibility index (Phi) is 3.32. The standard InChI is InChI=1S/C18H15N3OS/c1-18(22,17-3-2-6-21-17)15-10-23-16-5-4-12(7-14(15)16)13-8-19-11-20-9-13/h3-11,22H,2H2,1H3. The first-order valence-electron chi connectivity index (χ1n) is 7.39. The molecule has 0 aliphatic carbocycles. The van der Waals surface area contributed by atoms with E-state index in [4.69, 9.17) is 0 Å². The van der Waals surface area contributed by atoms with Crippen LogP contribution in [0.4, 0.5) is 0 Å². The molecule has 3 aromatic rings. The van der Waals surface area contributed by atoms with Crippen molar-refractivity contribution in [2.45, 2.75) is 18.9 Å². The van der Waals surface area contributed by atoms with Gasteiger partial charge in [-0.25, -0.2) is 9.97 Å². The van der Waals surface area contributed by atoms with Crippen molar-refractivity contribution in [1.82, 2.24) is 9.97 Å². The van der Waals surface area contributed by atoms with Gasteiger partial charge in [-0.1, -0.05) is 12.1 Å². The van der Waals surface area contributed by atoms with Gasteiger partial charge in [0.1, 0.15) is 11.9 Å². The number of allylic oxidation sites excluding steroid dienone is 1. The number of benzene rings is 1. The third kappa shape index (κ3) is 2.38. The molecule has 0 spiro atoms. The van der Waals surface area contributed by atoms with E-state index in [0.717, 1.165) is 33.2 Å². The predicted molar refractivity (Wildman–Crippen MR) is 93.6 cm³/mol. The summed E-state index contributed by atoms with van der Waals surface area (Å²) in [5, 5.41) is 14.1. The molecule has 2 aromatic heterocycles. The molecule has 0 amide bonds. The third-order valence-corrected chi connectivity index (χ3v) is 5.10. The van der Waals surface area contributed by atoms with E-state index in [-0.39, 0.29) is 0 Å². The van der Waals surface area contributed by atoms with Crippen molar-refractivity contribution in [3.8, 4) is 11.1 Å². The first-order valence-corrected chi connectivity index (χ1v) is 8.27. The second kappa shape index (κ2) is 5.37. The van der Waals surface area contributed by atoms with Crippen molar-refractivity contribution >= 4 is 27.6 Å². The van der Waals surface area contributed by atoms with Crippen molar-refractivity contribution < 1.29 is 5.11 Å². The van der Waals surface area contributed by atoms with Crippen molar-refractivity contribution in [2.75, 3.05) is 0 Å². The number of rotatable bonds is 3. The van der Waals surface area contributed by atoms with Gasteiger partial charge in [0, 0.05) is 40.9 Å². The highest BCUT2D eigenvalue weighted by atomic mass is 32.1. The minimum Gasteiger partial charge on any atom is -0.379 e. The molecule has 0 bridgehead atoms. The zero-order valence-corrected chi connectivity index (χ0v) is 13.4. The molecule has 4 nitrogen and oxygen atoms in total. The van der Waals surface area contributed by atoms with Gasteiger partial charge in [0.25, 0.3) is 0 Å². The quantitative estimate of drug-likeness (QED) is 0.795. The Hall–Kier alpha value is -2.37. The summed E-state index contributed by atoms with van der Waals surface area (Å²) in [4.78, 5) is 12.5. The number of aliphatic hydroxyl groups is 1. The van der Waals surface area contributed by atoms with Gasteiger partial charge in [-0.3, -0.25) is 4.99 Å². The lowest BCUT2D eigenvalue weighted by atomic mass is 9.91. The molecule has 0 fully saturated rings. The lowest BCUT2D eigenvalue weighted by molar-refractivity contribution is 0.0984. The monoisotopic (exact) mass is 321 g/mol. The Morgan fingerprint density at radius 2 is 2.00 bits per heavy atom. The van der Waals surface area contributed by atoms with Gasteiger partial charge in [-0.15, -0.1) is 11.3 Å². The van der Waals surface area contributed by atoms with Crippen LogP contribution in [0.25, 0.3) is 21.2 Å². The highest BCUT2D eigenvalue weighted by molar-refractivity contribution is 7.17. The van der Waals surface area contributed by atoms with Gasteiger partial charge in [-0.05, 0) is 35.4 Å². The SMILES string of the molecule is CC(O)(C1=CCC=N1)c1csc2ccc(-c3cncnc3)cc12. The maximum Gasteiger partial charge on any atom is 0.130 e. The van der Waals surface area contributed by atoms with Gasteiger partial charge in [0.2, 0.25) is 0 Å². The van der Waals surface area contributed by atoms with Crippen molar-refractivity contribution in [1.29, 1.82) is 0 Å².